The highest BCUT2D eigenvalue weighted by molar-refractivity contribution is 7.87. The predicted octanol–water partition coefficient (Wildman–Crippen LogP) is 4.04. The Kier molecular flexibility index (Phi) is 4.17. The summed E-state index contributed by atoms with van der Waals surface area (Å²) in [7, 11) is -4.40. The average molecular weight is 339 g/mol. The Balaban J connectivity index is 2.40. The van der Waals surface area contributed by atoms with E-state index in [-0.39, 0.29) is 15.8 Å². The van der Waals surface area contributed by atoms with E-state index in [1.54, 1.807) is 0 Å². The topological polar surface area (TPSA) is 43.4 Å². The van der Waals surface area contributed by atoms with Crippen LogP contribution in [0.15, 0.2) is 41.3 Å². The minimum atomic E-state index is -4.40. The maximum Gasteiger partial charge on any atom is 0.339 e. The third-order valence-corrected chi connectivity index (χ3v) is 3.96. The molecule has 106 valence electrons. The second-order valence-electron chi connectivity index (χ2n) is 3.72. The van der Waals surface area contributed by atoms with Crippen molar-refractivity contribution >= 4 is 33.3 Å². The second-order valence-corrected chi connectivity index (χ2v) is 6.11. The van der Waals surface area contributed by atoms with Crippen molar-refractivity contribution in [1.82, 2.24) is 0 Å². The molecule has 20 heavy (non-hydrogen) atoms. The zero-order valence-corrected chi connectivity index (χ0v) is 11.9. The third-order valence-electron chi connectivity index (χ3n) is 2.22. The van der Waals surface area contributed by atoms with E-state index >= 15 is 0 Å². The summed E-state index contributed by atoms with van der Waals surface area (Å²) in [5.41, 5.74) is 0. The Hall–Kier alpha value is -1.37. The molecular formula is C12H6Cl2F2O3S. The van der Waals surface area contributed by atoms with Crippen molar-refractivity contribution in [2.24, 2.45) is 0 Å². The molecule has 3 nitrogen and oxygen atoms in total. The summed E-state index contributed by atoms with van der Waals surface area (Å²) in [5.74, 6) is -2.26. The van der Waals surface area contributed by atoms with Crippen molar-refractivity contribution in [3.63, 3.8) is 0 Å². The van der Waals surface area contributed by atoms with E-state index in [4.69, 9.17) is 27.4 Å². The van der Waals surface area contributed by atoms with Crippen LogP contribution in [0.3, 0.4) is 0 Å². The molecule has 0 amide bonds. The number of halogens is 4. The average Bonchev–Trinajstić information content (AvgIpc) is 2.31. The van der Waals surface area contributed by atoms with Crippen LogP contribution < -0.4 is 4.18 Å². The maximum atomic E-state index is 13.0. The normalized spacial score (nSPS) is 11.4. The molecule has 0 spiro atoms. The van der Waals surface area contributed by atoms with Crippen LogP contribution in [0.1, 0.15) is 0 Å². The van der Waals surface area contributed by atoms with E-state index in [0.29, 0.717) is 18.2 Å². The van der Waals surface area contributed by atoms with Gasteiger partial charge >= 0.3 is 10.1 Å². The fraction of sp³-hybridized carbons (Fsp3) is 0. The van der Waals surface area contributed by atoms with Crippen LogP contribution in [0.5, 0.6) is 5.75 Å². The summed E-state index contributed by atoms with van der Waals surface area (Å²) >= 11 is 11.4. The minimum Gasteiger partial charge on any atom is -0.377 e. The van der Waals surface area contributed by atoms with Gasteiger partial charge in [0.15, 0.2) is 5.75 Å². The predicted molar refractivity (Wildman–Crippen MR) is 70.6 cm³/mol. The standard InChI is InChI=1S/C12H6Cl2F2O3S/c13-7-1-2-12(11(14)3-7)19-20(17,18)10-5-8(15)4-9(16)6-10/h1-6H. The van der Waals surface area contributed by atoms with Crippen molar-refractivity contribution in [3.8, 4) is 5.75 Å². The van der Waals surface area contributed by atoms with Gasteiger partial charge in [0.25, 0.3) is 0 Å². The van der Waals surface area contributed by atoms with Crippen LogP contribution in [0.2, 0.25) is 10.0 Å². The largest absolute Gasteiger partial charge is 0.377 e. The van der Waals surface area contributed by atoms with Crippen molar-refractivity contribution in [2.45, 2.75) is 4.90 Å². The van der Waals surface area contributed by atoms with Gasteiger partial charge in [-0.1, -0.05) is 23.2 Å². The van der Waals surface area contributed by atoms with Gasteiger partial charge in [-0.25, -0.2) is 8.78 Å². The maximum absolute atomic E-state index is 13.0. The van der Waals surface area contributed by atoms with E-state index in [9.17, 15) is 17.2 Å². The number of hydrogen-bond donors (Lipinski definition) is 0. The molecule has 0 aliphatic heterocycles. The molecule has 0 aliphatic carbocycles. The Labute approximate surface area is 123 Å². The molecule has 0 unspecified atom stereocenters. The first-order chi connectivity index (χ1) is 9.28. The third kappa shape index (κ3) is 3.39. The van der Waals surface area contributed by atoms with Gasteiger partial charge in [-0.2, -0.15) is 8.42 Å². The molecule has 8 heteroatoms. The van der Waals surface area contributed by atoms with Crippen molar-refractivity contribution < 1.29 is 21.4 Å². The lowest BCUT2D eigenvalue weighted by atomic mass is 10.3. The molecule has 0 aliphatic rings. The van der Waals surface area contributed by atoms with Crippen LogP contribution in [-0.2, 0) is 10.1 Å². The Bertz CT molecular complexity index is 743. The second kappa shape index (κ2) is 5.55. The van der Waals surface area contributed by atoms with Gasteiger partial charge in [-0.15, -0.1) is 0 Å². The summed E-state index contributed by atoms with van der Waals surface area (Å²) in [6.45, 7) is 0. The molecule has 0 saturated carbocycles. The number of rotatable bonds is 3. The zero-order chi connectivity index (χ0) is 14.9. The summed E-state index contributed by atoms with van der Waals surface area (Å²) in [4.78, 5) is -0.652. The first-order valence-electron chi connectivity index (χ1n) is 5.13. The fourth-order valence-electron chi connectivity index (χ4n) is 1.38. The van der Waals surface area contributed by atoms with Crippen LogP contribution >= 0.6 is 23.2 Å². The Morgan fingerprint density at radius 2 is 1.55 bits per heavy atom. The fourth-order valence-corrected chi connectivity index (χ4v) is 2.87. The van der Waals surface area contributed by atoms with Gasteiger partial charge in [0.05, 0.1) is 5.02 Å². The van der Waals surface area contributed by atoms with Crippen molar-refractivity contribution in [3.05, 3.63) is 58.1 Å². The zero-order valence-electron chi connectivity index (χ0n) is 9.61. The van der Waals surface area contributed by atoms with E-state index < -0.39 is 26.6 Å². The van der Waals surface area contributed by atoms with E-state index in [0.717, 1.165) is 0 Å². The van der Waals surface area contributed by atoms with Crippen molar-refractivity contribution in [1.29, 1.82) is 0 Å². The van der Waals surface area contributed by atoms with Crippen LogP contribution in [0.4, 0.5) is 8.78 Å². The van der Waals surface area contributed by atoms with Crippen LogP contribution in [0.25, 0.3) is 0 Å². The summed E-state index contributed by atoms with van der Waals surface area (Å²) in [5, 5.41) is 0.245. The monoisotopic (exact) mass is 338 g/mol. The van der Waals surface area contributed by atoms with Gasteiger partial charge in [0, 0.05) is 11.1 Å². The minimum absolute atomic E-state index is 0.0436. The smallest absolute Gasteiger partial charge is 0.339 e. The van der Waals surface area contributed by atoms with Crippen LogP contribution in [-0.4, -0.2) is 8.42 Å². The highest BCUT2D eigenvalue weighted by atomic mass is 35.5. The molecule has 0 atom stereocenters. The van der Waals surface area contributed by atoms with Gasteiger partial charge in [-0.05, 0) is 30.3 Å². The molecule has 2 aromatic carbocycles. The lowest BCUT2D eigenvalue weighted by Crippen LogP contribution is -2.10. The molecule has 2 aromatic rings. The molecule has 2 rings (SSSR count). The van der Waals surface area contributed by atoms with Gasteiger partial charge in [0.1, 0.15) is 16.5 Å². The summed E-state index contributed by atoms with van der Waals surface area (Å²) < 4.78 is 54.6. The lowest BCUT2D eigenvalue weighted by Gasteiger charge is -2.09. The van der Waals surface area contributed by atoms with Gasteiger partial charge in [-0.3, -0.25) is 0 Å². The molecule has 0 fully saturated rings. The Morgan fingerprint density at radius 3 is 2.10 bits per heavy atom. The molecule has 0 saturated heterocycles. The number of hydrogen-bond acceptors (Lipinski definition) is 3. The molecule has 0 N–H and O–H groups in total. The SMILES string of the molecule is O=S(=O)(Oc1ccc(Cl)cc1Cl)c1cc(F)cc(F)c1. The number of benzene rings is 2. The molecule has 0 heterocycles. The van der Waals surface area contributed by atoms with Gasteiger partial charge in [0.2, 0.25) is 0 Å². The molecule has 0 aromatic heterocycles. The van der Waals surface area contributed by atoms with E-state index in [1.807, 2.05) is 0 Å². The summed E-state index contributed by atoms with van der Waals surface area (Å²) in [6.07, 6.45) is 0. The molecule has 0 radical (unpaired) electrons. The Morgan fingerprint density at radius 1 is 0.950 bits per heavy atom. The first-order valence-corrected chi connectivity index (χ1v) is 7.30. The summed E-state index contributed by atoms with van der Waals surface area (Å²) in [6, 6.07) is 5.71. The van der Waals surface area contributed by atoms with E-state index in [2.05, 4.69) is 0 Å². The molecule has 0 bridgehead atoms. The highest BCUT2D eigenvalue weighted by Crippen LogP contribution is 2.30. The van der Waals surface area contributed by atoms with Gasteiger partial charge < -0.3 is 4.18 Å². The highest BCUT2D eigenvalue weighted by Gasteiger charge is 2.20. The van der Waals surface area contributed by atoms with Crippen LogP contribution in [0, 0.1) is 11.6 Å². The lowest BCUT2D eigenvalue weighted by molar-refractivity contribution is 0.482. The quantitative estimate of drug-likeness (QED) is 0.793. The van der Waals surface area contributed by atoms with Crippen molar-refractivity contribution in [2.75, 3.05) is 0 Å². The molecular weight excluding hydrogens is 333 g/mol. The van der Waals surface area contributed by atoms with E-state index in [1.165, 1.54) is 18.2 Å². The first kappa shape index (κ1) is 15.0.